The number of piperidine rings is 1. The Kier molecular flexibility index (Phi) is 7.08. The molecule has 6 nitrogen and oxygen atoms in total. The predicted molar refractivity (Wildman–Crippen MR) is 129 cm³/mol. The molecule has 0 radical (unpaired) electrons. The molecule has 1 fully saturated rings. The van der Waals surface area contributed by atoms with E-state index in [9.17, 15) is 0 Å². The number of aromatic nitrogens is 2. The molecule has 0 aliphatic carbocycles. The summed E-state index contributed by atoms with van der Waals surface area (Å²) < 4.78 is 0. The van der Waals surface area contributed by atoms with Crippen LogP contribution in [0.15, 0.2) is 24.3 Å². The van der Waals surface area contributed by atoms with Crippen molar-refractivity contribution in [2.24, 2.45) is 0 Å². The van der Waals surface area contributed by atoms with Gasteiger partial charge in [0, 0.05) is 44.5 Å². The molecule has 0 unspecified atom stereocenters. The highest BCUT2D eigenvalue weighted by Crippen LogP contribution is 2.30. The van der Waals surface area contributed by atoms with Crippen molar-refractivity contribution in [2.45, 2.75) is 71.1 Å². The Bertz CT molecular complexity index is 874. The fraction of sp³-hybridized carbons (Fsp3) is 0.600. The Morgan fingerprint density at radius 1 is 1.16 bits per heavy atom. The van der Waals surface area contributed by atoms with Crippen LogP contribution in [0.25, 0.3) is 0 Å². The zero-order valence-corrected chi connectivity index (χ0v) is 19.6. The van der Waals surface area contributed by atoms with Crippen LogP contribution < -0.4 is 15.5 Å². The van der Waals surface area contributed by atoms with Crippen molar-refractivity contribution in [1.29, 1.82) is 0 Å². The molecular weight excluding hydrogens is 384 g/mol. The predicted octanol–water partition coefficient (Wildman–Crippen LogP) is 4.13. The van der Waals surface area contributed by atoms with Crippen LogP contribution in [-0.2, 0) is 19.5 Å². The molecule has 2 aliphatic heterocycles. The smallest absolute Gasteiger partial charge is 0.147 e. The fourth-order valence-corrected chi connectivity index (χ4v) is 4.91. The van der Waals surface area contributed by atoms with E-state index in [1.165, 1.54) is 49.0 Å². The highest BCUT2D eigenvalue weighted by Gasteiger charge is 2.21. The van der Waals surface area contributed by atoms with Crippen molar-refractivity contribution in [3.8, 4) is 0 Å². The minimum absolute atomic E-state index is 0.274. The average molecular weight is 423 g/mol. The maximum atomic E-state index is 4.92. The number of hydrogen-bond acceptors (Lipinski definition) is 6. The molecule has 0 amide bonds. The summed E-state index contributed by atoms with van der Waals surface area (Å²) in [6, 6.07) is 9.95. The zero-order valence-electron chi connectivity index (χ0n) is 19.6. The van der Waals surface area contributed by atoms with Crippen LogP contribution >= 0.6 is 0 Å². The molecule has 6 heteroatoms. The third-order valence-electron chi connectivity index (χ3n) is 6.48. The molecule has 1 atom stereocenters. The third-order valence-corrected chi connectivity index (χ3v) is 6.48. The van der Waals surface area contributed by atoms with E-state index in [0.717, 1.165) is 43.4 Å². The zero-order chi connectivity index (χ0) is 21.8. The van der Waals surface area contributed by atoms with E-state index >= 15 is 0 Å². The van der Waals surface area contributed by atoms with Gasteiger partial charge >= 0.3 is 0 Å². The SMILES string of the molecule is CNc1cc(CN(C)Cc2ccc3c(c2)CCCN3C(C)C)nc([C@@H]2CCCCN2)n1. The van der Waals surface area contributed by atoms with E-state index in [2.05, 4.69) is 65.6 Å². The molecule has 168 valence electrons. The van der Waals surface area contributed by atoms with E-state index in [0.29, 0.717) is 6.04 Å². The lowest BCUT2D eigenvalue weighted by atomic mass is 9.98. The first-order valence-corrected chi connectivity index (χ1v) is 11.9. The van der Waals surface area contributed by atoms with Gasteiger partial charge in [-0.15, -0.1) is 0 Å². The molecule has 1 saturated heterocycles. The standard InChI is InChI=1S/C25H38N6/c1-18(2)31-13-7-8-20-14-19(10-11-23(20)31)16-30(4)17-21-15-24(26-3)29-25(28-21)22-9-5-6-12-27-22/h10-11,14-15,18,22,27H,5-9,12-13,16-17H2,1-4H3,(H,26,28,29)/t22-/m0/s1. The van der Waals surface area contributed by atoms with E-state index in [-0.39, 0.29) is 6.04 Å². The second-order valence-corrected chi connectivity index (χ2v) is 9.38. The van der Waals surface area contributed by atoms with Crippen LogP contribution in [0.3, 0.4) is 0 Å². The summed E-state index contributed by atoms with van der Waals surface area (Å²) in [6.07, 6.45) is 6.03. The van der Waals surface area contributed by atoms with E-state index < -0.39 is 0 Å². The minimum atomic E-state index is 0.274. The van der Waals surface area contributed by atoms with Crippen molar-refractivity contribution < 1.29 is 0 Å². The monoisotopic (exact) mass is 422 g/mol. The molecule has 1 aromatic carbocycles. The third kappa shape index (κ3) is 5.36. The second kappa shape index (κ2) is 9.96. The molecule has 0 bridgehead atoms. The summed E-state index contributed by atoms with van der Waals surface area (Å²) >= 11 is 0. The molecular formula is C25H38N6. The summed E-state index contributed by atoms with van der Waals surface area (Å²) in [5.74, 6) is 1.83. The molecule has 2 N–H and O–H groups in total. The molecule has 1 aromatic heterocycles. The number of hydrogen-bond donors (Lipinski definition) is 2. The Morgan fingerprint density at radius 2 is 2.03 bits per heavy atom. The largest absolute Gasteiger partial charge is 0.373 e. The van der Waals surface area contributed by atoms with Crippen LogP contribution in [0.5, 0.6) is 0 Å². The first-order chi connectivity index (χ1) is 15.0. The fourth-order valence-electron chi connectivity index (χ4n) is 4.91. The van der Waals surface area contributed by atoms with Gasteiger partial charge in [0.05, 0.1) is 11.7 Å². The lowest BCUT2D eigenvalue weighted by molar-refractivity contribution is 0.313. The second-order valence-electron chi connectivity index (χ2n) is 9.38. The Labute approximate surface area is 187 Å². The van der Waals surface area contributed by atoms with Crippen LogP contribution in [0, 0.1) is 0 Å². The van der Waals surface area contributed by atoms with E-state index in [1.54, 1.807) is 0 Å². The Balaban J connectivity index is 1.45. The minimum Gasteiger partial charge on any atom is -0.373 e. The molecule has 2 aromatic rings. The maximum Gasteiger partial charge on any atom is 0.147 e. The van der Waals surface area contributed by atoms with Crippen LogP contribution in [0.2, 0.25) is 0 Å². The molecule has 4 rings (SSSR count). The van der Waals surface area contributed by atoms with Crippen LogP contribution in [0.1, 0.15) is 68.2 Å². The van der Waals surface area contributed by atoms with Gasteiger partial charge in [-0.05, 0) is 70.3 Å². The van der Waals surface area contributed by atoms with Crippen molar-refractivity contribution in [3.05, 3.63) is 46.9 Å². The van der Waals surface area contributed by atoms with Gasteiger partial charge in [-0.3, -0.25) is 4.90 Å². The molecule has 3 heterocycles. The lowest BCUT2D eigenvalue weighted by Crippen LogP contribution is -2.35. The molecule has 0 spiro atoms. The van der Waals surface area contributed by atoms with Gasteiger partial charge in [0.15, 0.2) is 0 Å². The van der Waals surface area contributed by atoms with Gasteiger partial charge in [-0.25, -0.2) is 9.97 Å². The van der Waals surface area contributed by atoms with E-state index in [4.69, 9.17) is 9.97 Å². The number of benzene rings is 1. The van der Waals surface area contributed by atoms with Crippen molar-refractivity contribution >= 4 is 11.5 Å². The summed E-state index contributed by atoms with van der Waals surface area (Å²) in [6.45, 7) is 8.53. The van der Waals surface area contributed by atoms with Crippen LogP contribution in [0.4, 0.5) is 11.5 Å². The summed E-state index contributed by atoms with van der Waals surface area (Å²) in [5.41, 5.74) is 5.37. The van der Waals surface area contributed by atoms with Gasteiger partial charge in [-0.2, -0.15) is 0 Å². The Hall–Kier alpha value is -2.18. The van der Waals surface area contributed by atoms with Crippen molar-refractivity contribution in [2.75, 3.05) is 37.4 Å². The topological polar surface area (TPSA) is 56.3 Å². The number of anilines is 2. The summed E-state index contributed by atoms with van der Waals surface area (Å²) in [7, 11) is 4.11. The lowest BCUT2D eigenvalue weighted by Gasteiger charge is -2.35. The molecule has 2 aliphatic rings. The highest BCUT2D eigenvalue weighted by molar-refractivity contribution is 5.57. The normalized spacial score (nSPS) is 19.0. The quantitative estimate of drug-likeness (QED) is 0.700. The molecule has 0 saturated carbocycles. The summed E-state index contributed by atoms with van der Waals surface area (Å²) in [5, 5.41) is 6.79. The number of fused-ring (bicyclic) bond motifs is 1. The first kappa shape index (κ1) is 22.0. The van der Waals surface area contributed by atoms with Gasteiger partial charge in [0.25, 0.3) is 0 Å². The van der Waals surface area contributed by atoms with Gasteiger partial charge < -0.3 is 15.5 Å². The number of nitrogens with one attached hydrogen (secondary N) is 2. The first-order valence-electron chi connectivity index (χ1n) is 11.9. The Morgan fingerprint density at radius 3 is 2.77 bits per heavy atom. The van der Waals surface area contributed by atoms with Gasteiger partial charge in [0.2, 0.25) is 0 Å². The average Bonchev–Trinajstić information content (AvgIpc) is 2.78. The summed E-state index contributed by atoms with van der Waals surface area (Å²) in [4.78, 5) is 14.5. The van der Waals surface area contributed by atoms with Crippen molar-refractivity contribution in [3.63, 3.8) is 0 Å². The van der Waals surface area contributed by atoms with Crippen molar-refractivity contribution in [1.82, 2.24) is 20.2 Å². The number of rotatable bonds is 7. The van der Waals surface area contributed by atoms with Gasteiger partial charge in [-0.1, -0.05) is 18.6 Å². The maximum absolute atomic E-state index is 4.92. The number of nitrogens with zero attached hydrogens (tertiary/aromatic N) is 4. The number of aryl methyl sites for hydroxylation is 1. The van der Waals surface area contributed by atoms with Gasteiger partial charge in [0.1, 0.15) is 11.6 Å². The molecule has 31 heavy (non-hydrogen) atoms. The van der Waals surface area contributed by atoms with E-state index in [1.807, 2.05) is 7.05 Å². The van der Waals surface area contributed by atoms with Crippen LogP contribution in [-0.4, -0.2) is 48.1 Å². The highest BCUT2D eigenvalue weighted by atomic mass is 15.2.